The van der Waals surface area contributed by atoms with Gasteiger partial charge < -0.3 is 19.7 Å². The summed E-state index contributed by atoms with van der Waals surface area (Å²) in [5.74, 6) is -0.425. The third kappa shape index (κ3) is 9.81. The van der Waals surface area contributed by atoms with Gasteiger partial charge in [-0.2, -0.15) is 0 Å². The van der Waals surface area contributed by atoms with Crippen LogP contribution in [0.4, 0.5) is 11.4 Å². The van der Waals surface area contributed by atoms with Gasteiger partial charge in [-0.1, -0.05) is 78.3 Å². The van der Waals surface area contributed by atoms with Crippen molar-refractivity contribution in [2.75, 3.05) is 56.2 Å². The first-order valence-electron chi connectivity index (χ1n) is 18.7. The molecule has 2 N–H and O–H groups in total. The predicted molar refractivity (Wildman–Crippen MR) is 224 cm³/mol. The molecule has 11 heteroatoms. The third-order valence-corrected chi connectivity index (χ3v) is 11.6. The summed E-state index contributed by atoms with van der Waals surface area (Å²) < 4.78 is 40.8. The van der Waals surface area contributed by atoms with E-state index in [1.54, 1.807) is 24.5 Å². The van der Waals surface area contributed by atoms with Crippen molar-refractivity contribution in [2.24, 2.45) is 0 Å². The number of carbonyl (C=O) groups excluding carboxylic acids is 1. The molecule has 56 heavy (non-hydrogen) atoms. The number of nitrogens with one attached hydrogen (secondary N) is 2. The molecule has 0 aliphatic carbocycles. The Morgan fingerprint density at radius 2 is 1.64 bits per heavy atom. The number of ether oxygens (including phenoxy) is 2. The van der Waals surface area contributed by atoms with Crippen LogP contribution < -0.4 is 19.7 Å². The zero-order valence-electron chi connectivity index (χ0n) is 31.3. The van der Waals surface area contributed by atoms with E-state index < -0.39 is 15.9 Å². The van der Waals surface area contributed by atoms with Gasteiger partial charge in [-0.3, -0.25) is 9.69 Å². The number of anilines is 2. The smallest absolute Gasteiger partial charge is 0.268 e. The van der Waals surface area contributed by atoms with Gasteiger partial charge in [0.05, 0.1) is 23.3 Å². The molecule has 288 valence electrons. The number of nitrogens with zero attached hydrogens (tertiary/aromatic N) is 2. The lowest BCUT2D eigenvalue weighted by Crippen LogP contribution is -2.46. The second-order valence-corrected chi connectivity index (χ2v) is 16.0. The Labute approximate surface area is 334 Å². The standard InChI is InChI=1S/C45H45ClN4O5S/c1-33-29-40(16-18-43(33)47-31-35-19-26-54-27-20-35)56(52,53)48-45(51)42-17-15-39(30-44(42)55-28-21-34-7-3-2-4-8-34)50-24-22-49(23-25-50)32-37-9-5-6-10-41(37)36-11-13-38(46)14-12-36/h2-20,26,29-30,47H,21-25,27-28,31-32H2,1H3,(H,48,51). The van der Waals surface area contributed by atoms with Crippen LogP contribution in [-0.2, 0) is 27.7 Å². The molecule has 1 amide bonds. The number of rotatable bonds is 14. The largest absolute Gasteiger partial charge is 0.497 e. The Bertz CT molecular complexity index is 2320. The lowest BCUT2D eigenvalue weighted by Gasteiger charge is -2.36. The fourth-order valence-electron chi connectivity index (χ4n) is 6.89. The molecular weight excluding hydrogens is 744 g/mol. The van der Waals surface area contributed by atoms with Crippen LogP contribution >= 0.6 is 11.6 Å². The maximum atomic E-state index is 13.7. The van der Waals surface area contributed by atoms with Gasteiger partial charge in [0.2, 0.25) is 0 Å². The van der Waals surface area contributed by atoms with Gasteiger partial charge in [-0.05, 0) is 94.9 Å². The molecule has 0 unspecified atom stereocenters. The molecular formula is C45H45ClN4O5S. The fraction of sp³-hybridized carbons (Fsp3) is 0.222. The number of piperazine rings is 1. The van der Waals surface area contributed by atoms with Crippen LogP contribution in [0.2, 0.25) is 5.02 Å². The molecule has 2 heterocycles. The molecule has 0 radical (unpaired) electrons. The Balaban J connectivity index is 1.04. The molecule has 1 saturated heterocycles. The van der Waals surface area contributed by atoms with Crippen LogP contribution in [-0.4, -0.2) is 65.2 Å². The summed E-state index contributed by atoms with van der Waals surface area (Å²) in [7, 11) is -4.19. The first-order chi connectivity index (χ1) is 27.2. The maximum absolute atomic E-state index is 13.7. The summed E-state index contributed by atoms with van der Waals surface area (Å²) in [4.78, 5) is 18.5. The van der Waals surface area contributed by atoms with Gasteiger partial charge in [0.25, 0.3) is 15.9 Å². The number of carbonyl (C=O) groups is 1. The molecule has 7 rings (SSSR count). The van der Waals surface area contributed by atoms with E-state index in [4.69, 9.17) is 21.1 Å². The highest BCUT2D eigenvalue weighted by atomic mass is 35.5. The van der Waals surface area contributed by atoms with E-state index in [-0.39, 0.29) is 10.5 Å². The molecule has 0 bridgehead atoms. The van der Waals surface area contributed by atoms with Crippen LogP contribution in [0, 0.1) is 6.92 Å². The first-order valence-corrected chi connectivity index (χ1v) is 20.6. The van der Waals surface area contributed by atoms with Crippen LogP contribution in [0.15, 0.2) is 144 Å². The Kier molecular flexibility index (Phi) is 12.4. The second kappa shape index (κ2) is 17.9. The van der Waals surface area contributed by atoms with E-state index in [1.807, 2.05) is 73.7 Å². The highest BCUT2D eigenvalue weighted by molar-refractivity contribution is 7.90. The van der Waals surface area contributed by atoms with Crippen LogP contribution in [0.25, 0.3) is 11.1 Å². The summed E-state index contributed by atoms with van der Waals surface area (Å²) in [5, 5.41) is 4.05. The van der Waals surface area contributed by atoms with Crippen molar-refractivity contribution in [3.8, 4) is 16.9 Å². The van der Waals surface area contributed by atoms with Crippen molar-refractivity contribution in [3.63, 3.8) is 0 Å². The lowest BCUT2D eigenvalue weighted by atomic mass is 9.99. The summed E-state index contributed by atoms with van der Waals surface area (Å²) in [6.07, 6.45) is 6.15. The minimum atomic E-state index is -4.19. The molecule has 2 aliphatic rings. The normalized spacial score (nSPS) is 14.5. The summed E-state index contributed by atoms with van der Waals surface area (Å²) in [5.41, 5.74) is 8.34. The van der Waals surface area contributed by atoms with Gasteiger partial charge in [-0.25, -0.2) is 13.1 Å². The molecule has 5 aromatic rings. The summed E-state index contributed by atoms with van der Waals surface area (Å²) >= 11 is 6.16. The van der Waals surface area contributed by atoms with E-state index >= 15 is 0 Å². The number of halogens is 1. The Hall–Kier alpha value is -5.55. The molecule has 0 atom stereocenters. The van der Waals surface area contributed by atoms with E-state index in [9.17, 15) is 13.2 Å². The minimum absolute atomic E-state index is 0.00379. The molecule has 2 aliphatic heterocycles. The topological polar surface area (TPSA) is 100 Å². The van der Waals surface area contributed by atoms with Gasteiger partial charge in [0.1, 0.15) is 12.4 Å². The molecule has 1 fully saturated rings. The van der Waals surface area contributed by atoms with E-state index in [0.29, 0.717) is 37.0 Å². The van der Waals surface area contributed by atoms with Gasteiger partial charge in [0, 0.05) is 68.2 Å². The quantitative estimate of drug-likeness (QED) is 0.116. The third-order valence-electron chi connectivity index (χ3n) is 10.0. The SMILES string of the molecule is Cc1cc(S(=O)(=O)NC(=O)c2ccc(N3CCN(Cc4ccccc4-c4ccc(Cl)cc4)CC3)cc2OCCc2ccccc2)ccc1NCC1=CCOC=C1. The highest BCUT2D eigenvalue weighted by Crippen LogP contribution is 2.30. The second-order valence-electron chi connectivity index (χ2n) is 13.9. The van der Waals surface area contributed by atoms with Gasteiger partial charge >= 0.3 is 0 Å². The van der Waals surface area contributed by atoms with Crippen molar-refractivity contribution in [1.29, 1.82) is 0 Å². The molecule has 0 aromatic heterocycles. The monoisotopic (exact) mass is 788 g/mol. The van der Waals surface area contributed by atoms with Gasteiger partial charge in [0.15, 0.2) is 0 Å². The molecule has 9 nitrogen and oxygen atoms in total. The fourth-order valence-corrected chi connectivity index (χ4v) is 8.07. The number of aryl methyl sites for hydroxylation is 1. The number of amides is 1. The molecule has 0 spiro atoms. The average Bonchev–Trinajstić information content (AvgIpc) is 3.22. The average molecular weight is 789 g/mol. The highest BCUT2D eigenvalue weighted by Gasteiger charge is 2.25. The Morgan fingerprint density at radius 1 is 0.875 bits per heavy atom. The zero-order chi connectivity index (χ0) is 38.9. The van der Waals surface area contributed by atoms with Crippen molar-refractivity contribution in [2.45, 2.75) is 24.8 Å². The predicted octanol–water partition coefficient (Wildman–Crippen LogP) is 8.26. The minimum Gasteiger partial charge on any atom is -0.497 e. The maximum Gasteiger partial charge on any atom is 0.268 e. The van der Waals surface area contributed by atoms with E-state index in [0.717, 1.165) is 66.4 Å². The zero-order valence-corrected chi connectivity index (χ0v) is 32.9. The number of sulfonamides is 1. The van der Waals surface area contributed by atoms with Crippen molar-refractivity contribution in [3.05, 3.63) is 167 Å². The lowest BCUT2D eigenvalue weighted by molar-refractivity contribution is 0.0977. The van der Waals surface area contributed by atoms with Crippen molar-refractivity contribution >= 4 is 38.9 Å². The van der Waals surface area contributed by atoms with Crippen LogP contribution in [0.3, 0.4) is 0 Å². The van der Waals surface area contributed by atoms with Crippen molar-refractivity contribution < 1.29 is 22.7 Å². The Morgan fingerprint density at radius 3 is 2.39 bits per heavy atom. The molecule has 0 saturated carbocycles. The van der Waals surface area contributed by atoms with E-state index in [2.05, 4.69) is 56.2 Å². The van der Waals surface area contributed by atoms with E-state index in [1.165, 1.54) is 17.2 Å². The molecule has 5 aromatic carbocycles. The van der Waals surface area contributed by atoms with Gasteiger partial charge in [-0.15, -0.1) is 0 Å². The summed E-state index contributed by atoms with van der Waals surface area (Å²) in [6.45, 7) is 7.29. The van der Waals surface area contributed by atoms with Crippen molar-refractivity contribution in [1.82, 2.24) is 9.62 Å². The number of hydrogen-bond donors (Lipinski definition) is 2. The summed E-state index contributed by atoms with van der Waals surface area (Å²) in [6, 6.07) is 36.5. The number of hydrogen-bond acceptors (Lipinski definition) is 8. The van der Waals surface area contributed by atoms with Crippen LogP contribution in [0.1, 0.15) is 27.0 Å². The van der Waals surface area contributed by atoms with Crippen LogP contribution in [0.5, 0.6) is 5.75 Å². The number of benzene rings is 5. The first kappa shape index (κ1) is 38.7.